The molecule has 1 aromatic carbocycles. The van der Waals surface area contributed by atoms with Crippen LogP contribution >= 0.6 is 15.9 Å². The molecule has 1 aromatic rings. The summed E-state index contributed by atoms with van der Waals surface area (Å²) in [5, 5.41) is 3.20. The molecule has 1 aliphatic carbocycles. The number of hydrogen-bond donors (Lipinski definition) is 1. The molecule has 0 saturated heterocycles. The van der Waals surface area contributed by atoms with E-state index < -0.39 is 0 Å². The summed E-state index contributed by atoms with van der Waals surface area (Å²) in [6.45, 7) is 0.347. The second kappa shape index (κ2) is 5.71. The largest absolute Gasteiger partial charge is 0.495 e. The van der Waals surface area contributed by atoms with Crippen LogP contribution in [0.1, 0.15) is 23.2 Å². The first kappa shape index (κ1) is 13.4. The predicted octanol–water partition coefficient (Wildman–Crippen LogP) is 2.40. The Balaban J connectivity index is 2.19. The lowest BCUT2D eigenvalue weighted by molar-refractivity contribution is 0.0987. The molecule has 0 amide bonds. The van der Waals surface area contributed by atoms with Gasteiger partial charge in [0.1, 0.15) is 16.0 Å². The Hall–Kier alpha value is -1.07. The molecule has 0 spiro atoms. The summed E-state index contributed by atoms with van der Waals surface area (Å²) in [5.74, 6) is 1.21. The van der Waals surface area contributed by atoms with Crippen LogP contribution in [0, 0.1) is 0 Å². The second-order valence-corrected chi connectivity index (χ2v) is 5.03. The van der Waals surface area contributed by atoms with E-state index in [1.54, 1.807) is 26.4 Å². The molecule has 98 valence electrons. The topological polar surface area (TPSA) is 47.6 Å². The Morgan fingerprint density at radius 1 is 1.39 bits per heavy atom. The number of methoxy groups -OCH3 is 2. The summed E-state index contributed by atoms with van der Waals surface area (Å²) < 4.78 is 11.1. The summed E-state index contributed by atoms with van der Waals surface area (Å²) in [5.41, 5.74) is 0.568. The van der Waals surface area contributed by atoms with Gasteiger partial charge < -0.3 is 14.8 Å². The van der Waals surface area contributed by atoms with Crippen LogP contribution in [0.5, 0.6) is 11.5 Å². The minimum absolute atomic E-state index is 0.0297. The van der Waals surface area contributed by atoms with Gasteiger partial charge in [0.2, 0.25) is 0 Å². The zero-order valence-corrected chi connectivity index (χ0v) is 12.0. The number of benzene rings is 1. The molecule has 0 radical (unpaired) electrons. The van der Waals surface area contributed by atoms with E-state index in [0.717, 1.165) is 12.8 Å². The van der Waals surface area contributed by atoms with Crippen molar-refractivity contribution in [1.82, 2.24) is 5.32 Å². The van der Waals surface area contributed by atoms with Crippen molar-refractivity contribution >= 4 is 21.7 Å². The fourth-order valence-electron chi connectivity index (χ4n) is 1.73. The van der Waals surface area contributed by atoms with Crippen LogP contribution in [0.3, 0.4) is 0 Å². The number of ketones is 1. The molecule has 1 aliphatic rings. The number of ether oxygens (including phenoxy) is 2. The Morgan fingerprint density at radius 2 is 2.11 bits per heavy atom. The highest BCUT2D eigenvalue weighted by Crippen LogP contribution is 2.37. The number of rotatable bonds is 6. The molecule has 5 heteroatoms. The van der Waals surface area contributed by atoms with Gasteiger partial charge in [0.15, 0.2) is 5.78 Å². The van der Waals surface area contributed by atoms with Gasteiger partial charge in [-0.1, -0.05) is 0 Å². The van der Waals surface area contributed by atoms with Gasteiger partial charge in [0.25, 0.3) is 0 Å². The normalized spacial score (nSPS) is 14.4. The number of carbonyl (C=O) groups excluding carboxylic acids is 1. The zero-order valence-electron chi connectivity index (χ0n) is 10.5. The summed E-state index contributed by atoms with van der Waals surface area (Å²) in [6.07, 6.45) is 2.33. The molecule has 0 aromatic heterocycles. The van der Waals surface area contributed by atoms with Gasteiger partial charge in [-0.15, -0.1) is 0 Å². The van der Waals surface area contributed by atoms with Crippen molar-refractivity contribution in [3.05, 3.63) is 22.2 Å². The van der Waals surface area contributed by atoms with Crippen molar-refractivity contribution in [3.63, 3.8) is 0 Å². The maximum atomic E-state index is 12.1. The van der Waals surface area contributed by atoms with Crippen molar-refractivity contribution in [3.8, 4) is 11.5 Å². The van der Waals surface area contributed by atoms with Crippen LogP contribution in [0.25, 0.3) is 0 Å². The first-order valence-electron chi connectivity index (χ1n) is 5.84. The lowest BCUT2D eigenvalue weighted by Gasteiger charge is -2.12. The maximum Gasteiger partial charge on any atom is 0.180 e. The van der Waals surface area contributed by atoms with E-state index in [1.165, 1.54) is 0 Å². The standard InChI is InChI=1S/C13H16BrNO3/c1-17-11-6-5-9(13(18-2)12(11)14)10(16)7-15-8-3-4-8/h5-6,8,15H,3-4,7H2,1-2H3. The molecule has 0 bridgehead atoms. The fourth-order valence-corrected chi connectivity index (χ4v) is 2.40. The SMILES string of the molecule is COc1ccc(C(=O)CNC2CC2)c(OC)c1Br. The molecular formula is C13H16BrNO3. The monoisotopic (exact) mass is 313 g/mol. The highest BCUT2D eigenvalue weighted by Gasteiger charge is 2.23. The average molecular weight is 314 g/mol. The number of Topliss-reactive ketones (excluding diaryl/α,β-unsaturated/α-hetero) is 1. The molecule has 2 rings (SSSR count). The van der Waals surface area contributed by atoms with Crippen molar-refractivity contribution in [2.75, 3.05) is 20.8 Å². The number of nitrogens with one attached hydrogen (secondary N) is 1. The lowest BCUT2D eigenvalue weighted by atomic mass is 10.1. The molecular weight excluding hydrogens is 298 g/mol. The first-order valence-corrected chi connectivity index (χ1v) is 6.63. The van der Waals surface area contributed by atoms with Gasteiger partial charge in [-0.25, -0.2) is 0 Å². The van der Waals surface area contributed by atoms with E-state index in [-0.39, 0.29) is 5.78 Å². The van der Waals surface area contributed by atoms with Crippen molar-refractivity contribution in [2.24, 2.45) is 0 Å². The summed E-state index contributed by atoms with van der Waals surface area (Å²) in [7, 11) is 3.13. The number of carbonyl (C=O) groups is 1. The Bertz CT molecular complexity index is 458. The fraction of sp³-hybridized carbons (Fsp3) is 0.462. The molecule has 4 nitrogen and oxygen atoms in total. The predicted molar refractivity (Wildman–Crippen MR) is 72.6 cm³/mol. The Labute approximate surface area is 115 Å². The minimum atomic E-state index is 0.0297. The van der Waals surface area contributed by atoms with Crippen LogP contribution in [0.15, 0.2) is 16.6 Å². The average Bonchev–Trinajstić information content (AvgIpc) is 3.19. The van der Waals surface area contributed by atoms with Gasteiger partial charge in [-0.05, 0) is 40.9 Å². The van der Waals surface area contributed by atoms with E-state index in [1.807, 2.05) is 0 Å². The van der Waals surface area contributed by atoms with E-state index in [0.29, 0.717) is 34.1 Å². The molecule has 0 atom stereocenters. The molecule has 0 aliphatic heterocycles. The van der Waals surface area contributed by atoms with Gasteiger partial charge in [0, 0.05) is 6.04 Å². The summed E-state index contributed by atoms with van der Waals surface area (Å²) >= 11 is 3.39. The van der Waals surface area contributed by atoms with E-state index in [4.69, 9.17) is 9.47 Å². The molecule has 1 N–H and O–H groups in total. The molecule has 0 unspecified atom stereocenters. The van der Waals surface area contributed by atoms with Gasteiger partial charge >= 0.3 is 0 Å². The maximum absolute atomic E-state index is 12.1. The minimum Gasteiger partial charge on any atom is -0.495 e. The number of hydrogen-bond acceptors (Lipinski definition) is 4. The summed E-state index contributed by atoms with van der Waals surface area (Å²) in [6, 6.07) is 4.01. The molecule has 1 fully saturated rings. The third-order valence-corrected chi connectivity index (χ3v) is 3.67. The lowest BCUT2D eigenvalue weighted by Crippen LogP contribution is -2.25. The van der Waals surface area contributed by atoms with Crippen LogP contribution in [-0.4, -0.2) is 32.6 Å². The molecule has 1 saturated carbocycles. The Kier molecular flexibility index (Phi) is 4.24. The highest BCUT2D eigenvalue weighted by molar-refractivity contribution is 9.10. The van der Waals surface area contributed by atoms with Gasteiger partial charge in [-0.2, -0.15) is 0 Å². The third-order valence-electron chi connectivity index (χ3n) is 2.91. The van der Waals surface area contributed by atoms with E-state index in [2.05, 4.69) is 21.2 Å². The smallest absolute Gasteiger partial charge is 0.180 e. The van der Waals surface area contributed by atoms with E-state index in [9.17, 15) is 4.79 Å². The molecule has 0 heterocycles. The van der Waals surface area contributed by atoms with Crippen LogP contribution in [0.2, 0.25) is 0 Å². The van der Waals surface area contributed by atoms with Crippen LogP contribution in [-0.2, 0) is 0 Å². The van der Waals surface area contributed by atoms with Gasteiger partial charge in [-0.3, -0.25) is 4.79 Å². The molecule has 18 heavy (non-hydrogen) atoms. The number of halogens is 1. The van der Waals surface area contributed by atoms with Crippen LogP contribution < -0.4 is 14.8 Å². The van der Waals surface area contributed by atoms with Gasteiger partial charge in [0.05, 0.1) is 26.3 Å². The van der Waals surface area contributed by atoms with Crippen molar-refractivity contribution < 1.29 is 14.3 Å². The van der Waals surface area contributed by atoms with Crippen molar-refractivity contribution in [2.45, 2.75) is 18.9 Å². The quantitative estimate of drug-likeness (QED) is 0.819. The van der Waals surface area contributed by atoms with Crippen molar-refractivity contribution in [1.29, 1.82) is 0 Å². The highest BCUT2D eigenvalue weighted by atomic mass is 79.9. The zero-order chi connectivity index (χ0) is 13.1. The van der Waals surface area contributed by atoms with Crippen LogP contribution in [0.4, 0.5) is 0 Å². The van der Waals surface area contributed by atoms with E-state index >= 15 is 0 Å². The second-order valence-electron chi connectivity index (χ2n) is 4.24. The summed E-state index contributed by atoms with van der Waals surface area (Å²) in [4.78, 5) is 12.1. The third kappa shape index (κ3) is 2.84. The Morgan fingerprint density at radius 3 is 2.67 bits per heavy atom. The first-order chi connectivity index (χ1) is 8.67.